The van der Waals surface area contributed by atoms with Gasteiger partial charge in [0.1, 0.15) is 0 Å². The molecule has 1 aliphatic rings. The van der Waals surface area contributed by atoms with Gasteiger partial charge in [0.2, 0.25) is 0 Å². The van der Waals surface area contributed by atoms with Gasteiger partial charge in [-0.25, -0.2) is 0 Å². The van der Waals surface area contributed by atoms with Crippen LogP contribution in [0.25, 0.3) is 0 Å². The van der Waals surface area contributed by atoms with E-state index in [9.17, 15) is 14.7 Å². The van der Waals surface area contributed by atoms with Crippen molar-refractivity contribution < 1.29 is 24.2 Å². The summed E-state index contributed by atoms with van der Waals surface area (Å²) < 4.78 is 11.1. The van der Waals surface area contributed by atoms with Gasteiger partial charge in [0.15, 0.2) is 11.5 Å². The third-order valence-corrected chi connectivity index (χ3v) is 4.28. The largest absolute Gasteiger partial charge is 0.490 e. The fourth-order valence-corrected chi connectivity index (χ4v) is 2.94. The average Bonchev–Trinajstić information content (AvgIpc) is 2.56. The molecule has 1 heterocycles. The van der Waals surface area contributed by atoms with Crippen LogP contribution >= 0.6 is 0 Å². The van der Waals surface area contributed by atoms with Crippen molar-refractivity contribution in [2.45, 2.75) is 39.7 Å². The number of aliphatic carboxylic acids is 1. The molecule has 132 valence electrons. The zero-order valence-electron chi connectivity index (χ0n) is 14.4. The molecule has 1 fully saturated rings. The van der Waals surface area contributed by atoms with Gasteiger partial charge in [0.05, 0.1) is 19.1 Å². The number of carboxylic acids is 1. The van der Waals surface area contributed by atoms with Crippen LogP contribution in [0.3, 0.4) is 0 Å². The van der Waals surface area contributed by atoms with E-state index in [1.807, 2.05) is 20.8 Å². The minimum atomic E-state index is -0.846. The number of piperidine rings is 1. The van der Waals surface area contributed by atoms with Crippen LogP contribution in [0.15, 0.2) is 18.2 Å². The lowest BCUT2D eigenvalue weighted by Gasteiger charge is -2.36. The van der Waals surface area contributed by atoms with Crippen molar-refractivity contribution in [3.05, 3.63) is 23.8 Å². The molecule has 0 spiro atoms. The lowest BCUT2D eigenvalue weighted by atomic mass is 9.93. The van der Waals surface area contributed by atoms with Gasteiger partial charge in [0.25, 0.3) is 5.91 Å². The first kappa shape index (κ1) is 18.1. The molecule has 2 unspecified atom stereocenters. The number of amides is 1. The Hall–Kier alpha value is -2.24. The number of carboxylic acid groups (broad SMARTS) is 1. The molecule has 0 saturated carbocycles. The molecule has 1 saturated heterocycles. The van der Waals surface area contributed by atoms with Gasteiger partial charge in [-0.3, -0.25) is 9.59 Å². The van der Waals surface area contributed by atoms with Gasteiger partial charge in [-0.05, 0) is 51.8 Å². The van der Waals surface area contributed by atoms with Crippen LogP contribution in [0.4, 0.5) is 0 Å². The van der Waals surface area contributed by atoms with Crippen molar-refractivity contribution in [3.63, 3.8) is 0 Å². The summed E-state index contributed by atoms with van der Waals surface area (Å²) in [5.41, 5.74) is 0.486. The quantitative estimate of drug-likeness (QED) is 0.865. The van der Waals surface area contributed by atoms with Crippen molar-refractivity contribution in [2.75, 3.05) is 19.8 Å². The van der Waals surface area contributed by atoms with Crippen molar-refractivity contribution in [3.8, 4) is 11.5 Å². The van der Waals surface area contributed by atoms with Crippen LogP contribution in [0.1, 0.15) is 44.0 Å². The predicted molar refractivity (Wildman–Crippen MR) is 89.6 cm³/mol. The van der Waals surface area contributed by atoms with E-state index in [2.05, 4.69) is 0 Å². The molecule has 0 aliphatic carbocycles. The van der Waals surface area contributed by atoms with Crippen LogP contribution in [0.5, 0.6) is 11.5 Å². The van der Waals surface area contributed by atoms with E-state index in [0.717, 1.165) is 0 Å². The van der Waals surface area contributed by atoms with Crippen molar-refractivity contribution >= 4 is 11.9 Å². The van der Waals surface area contributed by atoms with E-state index in [-0.39, 0.29) is 18.5 Å². The maximum atomic E-state index is 12.8. The summed E-state index contributed by atoms with van der Waals surface area (Å²) in [6.45, 7) is 6.93. The van der Waals surface area contributed by atoms with Gasteiger partial charge in [-0.1, -0.05) is 0 Å². The molecule has 0 radical (unpaired) electrons. The monoisotopic (exact) mass is 335 g/mol. The van der Waals surface area contributed by atoms with E-state index in [1.165, 1.54) is 0 Å². The number of hydrogen-bond acceptors (Lipinski definition) is 4. The second-order valence-electron chi connectivity index (χ2n) is 5.95. The first-order valence-corrected chi connectivity index (χ1v) is 8.41. The van der Waals surface area contributed by atoms with E-state index in [0.29, 0.717) is 43.1 Å². The van der Waals surface area contributed by atoms with E-state index in [1.54, 1.807) is 23.1 Å². The highest BCUT2D eigenvalue weighted by molar-refractivity contribution is 5.95. The number of carbonyl (C=O) groups excluding carboxylic acids is 1. The van der Waals surface area contributed by atoms with E-state index >= 15 is 0 Å². The van der Waals surface area contributed by atoms with Gasteiger partial charge in [0, 0.05) is 18.2 Å². The normalized spacial score (nSPS) is 20.5. The van der Waals surface area contributed by atoms with Crippen molar-refractivity contribution in [1.29, 1.82) is 0 Å². The highest BCUT2D eigenvalue weighted by atomic mass is 16.5. The number of carbonyl (C=O) groups is 2. The Labute approximate surface area is 142 Å². The fraction of sp³-hybridized carbons (Fsp3) is 0.556. The number of hydrogen-bond donors (Lipinski definition) is 1. The molecule has 0 bridgehead atoms. The maximum Gasteiger partial charge on any atom is 0.308 e. The van der Waals surface area contributed by atoms with Crippen molar-refractivity contribution in [2.24, 2.45) is 5.92 Å². The summed E-state index contributed by atoms with van der Waals surface area (Å²) in [4.78, 5) is 25.7. The number of rotatable bonds is 6. The molecular formula is C18H25NO5. The van der Waals surface area contributed by atoms with E-state index in [4.69, 9.17) is 9.47 Å². The van der Waals surface area contributed by atoms with Crippen LogP contribution < -0.4 is 9.47 Å². The van der Waals surface area contributed by atoms with Crippen LogP contribution in [-0.4, -0.2) is 47.7 Å². The summed E-state index contributed by atoms with van der Waals surface area (Å²) in [6, 6.07) is 5.13. The summed E-state index contributed by atoms with van der Waals surface area (Å²) >= 11 is 0. The Bertz CT molecular complexity index is 601. The zero-order chi connectivity index (χ0) is 17.7. The second-order valence-corrected chi connectivity index (χ2v) is 5.95. The number of benzene rings is 1. The number of nitrogens with zero attached hydrogens (tertiary/aromatic N) is 1. The Morgan fingerprint density at radius 3 is 2.46 bits per heavy atom. The lowest BCUT2D eigenvalue weighted by molar-refractivity contribution is -0.143. The Kier molecular flexibility index (Phi) is 6.06. The summed E-state index contributed by atoms with van der Waals surface area (Å²) in [5.74, 6) is -0.381. The van der Waals surface area contributed by atoms with E-state index < -0.39 is 11.9 Å². The molecule has 1 aromatic rings. The first-order chi connectivity index (χ1) is 11.5. The topological polar surface area (TPSA) is 76.1 Å². The van der Waals surface area contributed by atoms with Crippen LogP contribution in [0, 0.1) is 5.92 Å². The van der Waals surface area contributed by atoms with Crippen molar-refractivity contribution in [1.82, 2.24) is 4.90 Å². The molecule has 24 heavy (non-hydrogen) atoms. The van der Waals surface area contributed by atoms with Gasteiger partial charge >= 0.3 is 5.97 Å². The predicted octanol–water partition coefficient (Wildman–Crippen LogP) is 2.81. The molecule has 6 nitrogen and oxygen atoms in total. The first-order valence-electron chi connectivity index (χ1n) is 8.41. The molecule has 0 aromatic heterocycles. The fourth-order valence-electron chi connectivity index (χ4n) is 2.94. The summed E-state index contributed by atoms with van der Waals surface area (Å²) in [5, 5.41) is 9.23. The molecule has 1 amide bonds. The van der Waals surface area contributed by atoms with Gasteiger partial charge in [-0.15, -0.1) is 0 Å². The molecule has 1 aromatic carbocycles. The molecule has 1 aliphatic heterocycles. The number of ether oxygens (including phenoxy) is 2. The second kappa shape index (κ2) is 8.04. The molecular weight excluding hydrogens is 310 g/mol. The Morgan fingerprint density at radius 2 is 1.83 bits per heavy atom. The molecule has 6 heteroatoms. The highest BCUT2D eigenvalue weighted by Gasteiger charge is 2.33. The van der Waals surface area contributed by atoms with Crippen LogP contribution in [-0.2, 0) is 4.79 Å². The third-order valence-electron chi connectivity index (χ3n) is 4.28. The standard InChI is InChI=1S/C18H25NO5/c1-4-23-15-9-8-13(10-16(15)24-5-2)17(20)19-11-14(18(21)22)7-6-12(19)3/h8-10,12,14H,4-7,11H2,1-3H3,(H,21,22). The molecule has 2 rings (SSSR count). The average molecular weight is 335 g/mol. The molecule has 1 N–H and O–H groups in total. The Balaban J connectivity index is 2.24. The smallest absolute Gasteiger partial charge is 0.308 e. The zero-order valence-corrected chi connectivity index (χ0v) is 14.4. The summed E-state index contributed by atoms with van der Waals surface area (Å²) in [7, 11) is 0. The summed E-state index contributed by atoms with van der Waals surface area (Å²) in [6.07, 6.45) is 1.30. The van der Waals surface area contributed by atoms with Crippen LogP contribution in [0.2, 0.25) is 0 Å². The van der Waals surface area contributed by atoms with Gasteiger partial charge in [-0.2, -0.15) is 0 Å². The minimum absolute atomic E-state index is 0.0233. The maximum absolute atomic E-state index is 12.8. The molecule has 2 atom stereocenters. The van der Waals surface area contributed by atoms with Gasteiger partial charge < -0.3 is 19.5 Å². The highest BCUT2D eigenvalue weighted by Crippen LogP contribution is 2.30. The third kappa shape index (κ3) is 3.99. The SMILES string of the molecule is CCOc1ccc(C(=O)N2CC(C(=O)O)CCC2C)cc1OCC. The Morgan fingerprint density at radius 1 is 1.17 bits per heavy atom. The minimum Gasteiger partial charge on any atom is -0.490 e. The lowest BCUT2D eigenvalue weighted by Crippen LogP contribution is -2.47. The number of likely N-dealkylation sites (tertiary alicyclic amines) is 1.